The van der Waals surface area contributed by atoms with Crippen molar-refractivity contribution in [2.45, 2.75) is 47.5 Å². The summed E-state index contributed by atoms with van der Waals surface area (Å²) in [4.78, 5) is 11.3. The average molecular weight is 399 g/mol. The monoisotopic (exact) mass is 398 g/mol. The van der Waals surface area contributed by atoms with Crippen LogP contribution in [0, 0.1) is 0 Å². The van der Waals surface area contributed by atoms with Crippen molar-refractivity contribution in [3.05, 3.63) is 61.2 Å². The molecule has 2 N–H and O–H groups in total. The molecule has 0 saturated heterocycles. The highest BCUT2D eigenvalue weighted by molar-refractivity contribution is 5.89. The number of hydrogen-bond acceptors (Lipinski definition) is 5. The third kappa shape index (κ3) is 39.2. The molecule has 0 aliphatic rings. The molecule has 0 heterocycles. The Morgan fingerprint density at radius 1 is 0.964 bits per heavy atom. The Morgan fingerprint density at radius 3 is 1.68 bits per heavy atom. The molecule has 1 rings (SSSR count). The molecule has 5 nitrogen and oxygen atoms in total. The predicted octanol–water partition coefficient (Wildman–Crippen LogP) is 5.04. The van der Waals surface area contributed by atoms with Gasteiger partial charge in [-0.3, -0.25) is 0 Å². The lowest BCUT2D eigenvalue weighted by Crippen LogP contribution is -2.05. The summed E-state index contributed by atoms with van der Waals surface area (Å²) in [6.45, 7) is 18.5. The summed E-state index contributed by atoms with van der Waals surface area (Å²) in [5.41, 5.74) is 0.624. The molecular weight excluding hydrogens is 356 g/mol. The number of carbonyl (C=O) groups is 1. The Bertz CT molecular complexity index is 395. The highest BCUT2D eigenvalue weighted by Crippen LogP contribution is 2.01. The molecule has 164 valence electrons. The van der Waals surface area contributed by atoms with Crippen LogP contribution in [0.4, 0.5) is 0 Å². The minimum absolute atomic E-state index is 0.125. The fourth-order valence-electron chi connectivity index (χ4n) is 1.17. The summed E-state index contributed by atoms with van der Waals surface area (Å²) < 4.78 is 9.86. The van der Waals surface area contributed by atoms with Crippen molar-refractivity contribution in [2.24, 2.45) is 0 Å². The molecule has 1 aromatic carbocycles. The van der Waals surface area contributed by atoms with Crippen LogP contribution in [-0.2, 0) is 9.47 Å². The SMILES string of the molecule is C=CC.C=CC.CCCCOC(=O)c1ccccc1.CCOCC.OCCO. The minimum Gasteiger partial charge on any atom is -0.462 e. The first-order chi connectivity index (χ1) is 13.5. The molecule has 0 unspecified atom stereocenters. The van der Waals surface area contributed by atoms with E-state index in [1.165, 1.54) is 0 Å². The molecule has 0 atom stereocenters. The van der Waals surface area contributed by atoms with Crippen molar-refractivity contribution in [3.8, 4) is 0 Å². The van der Waals surface area contributed by atoms with Crippen LogP contribution in [0.2, 0.25) is 0 Å². The van der Waals surface area contributed by atoms with E-state index in [0.29, 0.717) is 12.2 Å². The van der Waals surface area contributed by atoms with Gasteiger partial charge in [-0.1, -0.05) is 43.7 Å². The molecule has 0 spiro atoms. The number of benzene rings is 1. The first-order valence-electron chi connectivity index (χ1n) is 9.66. The molecule has 0 aliphatic heterocycles. The zero-order valence-corrected chi connectivity index (χ0v) is 18.5. The smallest absolute Gasteiger partial charge is 0.338 e. The van der Waals surface area contributed by atoms with Crippen molar-refractivity contribution in [1.29, 1.82) is 0 Å². The van der Waals surface area contributed by atoms with E-state index in [1.54, 1.807) is 24.3 Å². The number of aliphatic hydroxyl groups is 2. The maximum atomic E-state index is 11.3. The Labute approximate surface area is 172 Å². The fraction of sp³-hybridized carbons (Fsp3) is 0.522. The number of rotatable bonds is 7. The lowest BCUT2D eigenvalue weighted by Gasteiger charge is -2.02. The van der Waals surface area contributed by atoms with Crippen LogP contribution < -0.4 is 0 Å². The van der Waals surface area contributed by atoms with E-state index in [4.69, 9.17) is 19.7 Å². The highest BCUT2D eigenvalue weighted by Gasteiger charge is 2.03. The van der Waals surface area contributed by atoms with Crippen LogP contribution >= 0.6 is 0 Å². The van der Waals surface area contributed by atoms with Crippen LogP contribution in [0.1, 0.15) is 57.8 Å². The van der Waals surface area contributed by atoms with Gasteiger partial charge in [-0.15, -0.1) is 13.2 Å². The second-order valence-electron chi connectivity index (χ2n) is 4.90. The van der Waals surface area contributed by atoms with Gasteiger partial charge in [0.15, 0.2) is 0 Å². The van der Waals surface area contributed by atoms with Gasteiger partial charge in [-0.25, -0.2) is 4.79 Å². The van der Waals surface area contributed by atoms with Crippen molar-refractivity contribution in [1.82, 2.24) is 0 Å². The third-order valence-electron chi connectivity index (χ3n) is 2.25. The van der Waals surface area contributed by atoms with E-state index < -0.39 is 0 Å². The van der Waals surface area contributed by atoms with E-state index in [0.717, 1.165) is 26.1 Å². The zero-order valence-electron chi connectivity index (χ0n) is 18.5. The number of allylic oxidation sites excluding steroid dienone is 2. The van der Waals surface area contributed by atoms with Crippen LogP contribution in [0.3, 0.4) is 0 Å². The van der Waals surface area contributed by atoms with Gasteiger partial charge >= 0.3 is 5.97 Å². The van der Waals surface area contributed by atoms with Crippen LogP contribution in [0.5, 0.6) is 0 Å². The largest absolute Gasteiger partial charge is 0.462 e. The van der Waals surface area contributed by atoms with Crippen molar-refractivity contribution in [2.75, 3.05) is 33.0 Å². The van der Waals surface area contributed by atoms with E-state index in [-0.39, 0.29) is 19.2 Å². The van der Waals surface area contributed by atoms with Gasteiger partial charge in [0, 0.05) is 13.2 Å². The van der Waals surface area contributed by atoms with Gasteiger partial charge in [0.25, 0.3) is 0 Å². The molecule has 0 aromatic heterocycles. The third-order valence-corrected chi connectivity index (χ3v) is 2.25. The molecule has 0 radical (unpaired) electrons. The molecular formula is C23H42O5. The second-order valence-corrected chi connectivity index (χ2v) is 4.90. The molecule has 28 heavy (non-hydrogen) atoms. The first kappa shape index (κ1) is 33.6. The summed E-state index contributed by atoms with van der Waals surface area (Å²) in [5.74, 6) is -0.228. The number of esters is 1. The van der Waals surface area contributed by atoms with Crippen LogP contribution in [0.25, 0.3) is 0 Å². The highest BCUT2D eigenvalue weighted by atomic mass is 16.5. The van der Waals surface area contributed by atoms with Crippen LogP contribution in [0.15, 0.2) is 55.6 Å². The molecule has 0 fully saturated rings. The molecule has 0 aliphatic carbocycles. The van der Waals surface area contributed by atoms with Gasteiger partial charge in [0.1, 0.15) is 0 Å². The topological polar surface area (TPSA) is 76.0 Å². The number of ether oxygens (including phenoxy) is 2. The van der Waals surface area contributed by atoms with Gasteiger partial charge < -0.3 is 19.7 Å². The van der Waals surface area contributed by atoms with E-state index in [2.05, 4.69) is 20.1 Å². The fourth-order valence-corrected chi connectivity index (χ4v) is 1.17. The molecule has 0 saturated carbocycles. The number of hydrogen-bond donors (Lipinski definition) is 2. The van der Waals surface area contributed by atoms with E-state index in [1.807, 2.05) is 45.9 Å². The Balaban J connectivity index is -0.000000159. The van der Waals surface area contributed by atoms with E-state index >= 15 is 0 Å². The number of unbranched alkanes of at least 4 members (excludes halogenated alkanes) is 1. The summed E-state index contributed by atoms with van der Waals surface area (Å²) in [6, 6.07) is 9.05. The molecule has 0 amide bonds. The van der Waals surface area contributed by atoms with Crippen molar-refractivity contribution in [3.63, 3.8) is 0 Å². The summed E-state index contributed by atoms with van der Waals surface area (Å²) in [6.07, 6.45) is 5.47. The zero-order chi connectivity index (χ0) is 22.5. The maximum Gasteiger partial charge on any atom is 0.338 e. The normalized spacial score (nSPS) is 7.96. The maximum absolute atomic E-state index is 11.3. The predicted molar refractivity (Wildman–Crippen MR) is 120 cm³/mol. The lowest BCUT2D eigenvalue weighted by molar-refractivity contribution is 0.0499. The Kier molecular flexibility index (Phi) is 43.3. The quantitative estimate of drug-likeness (QED) is 0.382. The second kappa shape index (κ2) is 36.0. The molecule has 1 aromatic rings. The minimum atomic E-state index is -0.228. The first-order valence-corrected chi connectivity index (χ1v) is 9.66. The van der Waals surface area contributed by atoms with Crippen LogP contribution in [-0.4, -0.2) is 49.2 Å². The van der Waals surface area contributed by atoms with Crippen molar-refractivity contribution < 1.29 is 24.5 Å². The summed E-state index contributed by atoms with van der Waals surface area (Å²) in [7, 11) is 0. The van der Waals surface area contributed by atoms with Gasteiger partial charge in [-0.2, -0.15) is 0 Å². The number of aliphatic hydroxyl groups excluding tert-OH is 2. The lowest BCUT2D eigenvalue weighted by atomic mass is 10.2. The van der Waals surface area contributed by atoms with Gasteiger partial charge in [0.05, 0.1) is 25.4 Å². The Hall–Kier alpha value is -1.95. The average Bonchev–Trinajstić information content (AvgIpc) is 2.71. The number of carbonyl (C=O) groups excluding carboxylic acids is 1. The van der Waals surface area contributed by atoms with Gasteiger partial charge in [0.2, 0.25) is 0 Å². The summed E-state index contributed by atoms with van der Waals surface area (Å²) >= 11 is 0. The standard InChI is InChI=1S/C11H14O2.C4H10O.2C3H6.C2H6O2/c1-2-3-9-13-11(12)10-7-5-4-6-8-10;1-3-5-4-2;2*1-3-2;3-1-2-4/h4-8H,2-3,9H2,1H3;3-4H2,1-2H3;2*3H,1H2,2H3;3-4H,1-2H2. The Morgan fingerprint density at radius 2 is 1.39 bits per heavy atom. The molecule has 0 bridgehead atoms. The van der Waals surface area contributed by atoms with E-state index in [9.17, 15) is 4.79 Å². The van der Waals surface area contributed by atoms with Crippen molar-refractivity contribution >= 4 is 5.97 Å². The summed E-state index contributed by atoms with van der Waals surface area (Å²) in [5, 5.41) is 15.2. The molecule has 5 heteroatoms. The van der Waals surface area contributed by atoms with Gasteiger partial charge in [-0.05, 0) is 46.2 Å².